The number of fused-ring (bicyclic) bond motifs is 1. The highest BCUT2D eigenvalue weighted by molar-refractivity contribution is 6.33. The molecular weight excluding hydrogens is 260 g/mol. The molecule has 1 aromatic carbocycles. The van der Waals surface area contributed by atoms with Gasteiger partial charge in [0.25, 0.3) is 0 Å². The summed E-state index contributed by atoms with van der Waals surface area (Å²) in [6, 6.07) is 6.36. The molecule has 1 atom stereocenters. The van der Waals surface area contributed by atoms with Gasteiger partial charge in [0.1, 0.15) is 0 Å². The highest BCUT2D eigenvalue weighted by Gasteiger charge is 2.29. The lowest BCUT2D eigenvalue weighted by Crippen LogP contribution is -2.55. The molecule has 0 radical (unpaired) electrons. The van der Waals surface area contributed by atoms with Crippen LogP contribution >= 0.6 is 11.6 Å². The summed E-state index contributed by atoms with van der Waals surface area (Å²) in [6.45, 7) is 4.32. The van der Waals surface area contributed by atoms with Crippen LogP contribution in [0.2, 0.25) is 5.02 Å². The number of rotatable bonds is 2. The second kappa shape index (κ2) is 5.51. The Balaban J connectivity index is 1.83. The molecule has 2 saturated heterocycles. The van der Waals surface area contributed by atoms with Crippen molar-refractivity contribution in [3.63, 3.8) is 0 Å². The molecule has 0 bridgehead atoms. The van der Waals surface area contributed by atoms with Crippen molar-refractivity contribution in [1.29, 1.82) is 0 Å². The molecule has 102 valence electrons. The highest BCUT2D eigenvalue weighted by atomic mass is 35.5. The van der Waals surface area contributed by atoms with E-state index in [1.165, 1.54) is 25.8 Å². The fourth-order valence-electron chi connectivity index (χ4n) is 3.29. The van der Waals surface area contributed by atoms with E-state index in [0.29, 0.717) is 16.6 Å². The van der Waals surface area contributed by atoms with Crippen molar-refractivity contribution in [2.24, 2.45) is 0 Å². The number of hydrogen-bond acceptors (Lipinski definition) is 3. The number of aldehydes is 1. The van der Waals surface area contributed by atoms with E-state index in [0.717, 1.165) is 31.6 Å². The summed E-state index contributed by atoms with van der Waals surface area (Å²) in [7, 11) is 0. The first kappa shape index (κ1) is 12.9. The number of hydrogen-bond donors (Lipinski definition) is 0. The van der Waals surface area contributed by atoms with Gasteiger partial charge in [0.2, 0.25) is 0 Å². The highest BCUT2D eigenvalue weighted by Crippen LogP contribution is 2.29. The lowest BCUT2D eigenvalue weighted by atomic mass is 9.98. The third-order valence-electron chi connectivity index (χ3n) is 4.33. The molecule has 3 rings (SSSR count). The fraction of sp³-hybridized carbons (Fsp3) is 0.533. The number of anilines is 1. The normalized spacial score (nSPS) is 24.1. The smallest absolute Gasteiger partial charge is 0.153 e. The van der Waals surface area contributed by atoms with Crippen LogP contribution in [0.15, 0.2) is 18.2 Å². The molecule has 0 spiro atoms. The van der Waals surface area contributed by atoms with Gasteiger partial charge in [0, 0.05) is 31.4 Å². The van der Waals surface area contributed by atoms with Crippen LogP contribution in [0.3, 0.4) is 0 Å². The van der Waals surface area contributed by atoms with Gasteiger partial charge in [-0.3, -0.25) is 9.69 Å². The van der Waals surface area contributed by atoms with Crippen molar-refractivity contribution in [3.05, 3.63) is 28.8 Å². The molecule has 1 unspecified atom stereocenters. The van der Waals surface area contributed by atoms with E-state index in [4.69, 9.17) is 11.6 Å². The maximum Gasteiger partial charge on any atom is 0.153 e. The molecule has 0 aliphatic carbocycles. The minimum Gasteiger partial charge on any atom is -0.368 e. The predicted octanol–water partition coefficient (Wildman–Crippen LogP) is 2.83. The Hall–Kier alpha value is -1.06. The summed E-state index contributed by atoms with van der Waals surface area (Å²) in [6.07, 6.45) is 4.80. The number of carbonyl (C=O) groups is 1. The summed E-state index contributed by atoms with van der Waals surface area (Å²) in [5.74, 6) is 0. The van der Waals surface area contributed by atoms with Gasteiger partial charge >= 0.3 is 0 Å². The van der Waals surface area contributed by atoms with Crippen LogP contribution in [0, 0.1) is 0 Å². The van der Waals surface area contributed by atoms with Crippen molar-refractivity contribution < 1.29 is 4.79 Å². The molecule has 0 amide bonds. The van der Waals surface area contributed by atoms with Gasteiger partial charge in [-0.25, -0.2) is 0 Å². The second-order valence-electron chi connectivity index (χ2n) is 5.42. The van der Waals surface area contributed by atoms with E-state index in [9.17, 15) is 4.79 Å². The minimum absolute atomic E-state index is 0.554. The van der Waals surface area contributed by atoms with Crippen LogP contribution in [-0.2, 0) is 0 Å². The largest absolute Gasteiger partial charge is 0.368 e. The standard InChI is InChI=1S/C15H19ClN2O/c16-14-5-3-6-15(13(14)11-19)18-9-8-17-7-2-1-4-12(17)10-18/h3,5-6,11-12H,1-2,4,7-10H2. The van der Waals surface area contributed by atoms with Gasteiger partial charge in [-0.05, 0) is 31.5 Å². The quantitative estimate of drug-likeness (QED) is 0.777. The maximum atomic E-state index is 11.3. The molecule has 1 aromatic rings. The number of benzene rings is 1. The van der Waals surface area contributed by atoms with Crippen molar-refractivity contribution in [2.45, 2.75) is 25.3 Å². The first-order valence-corrected chi connectivity index (χ1v) is 7.40. The molecule has 2 heterocycles. The molecule has 0 aromatic heterocycles. The summed E-state index contributed by atoms with van der Waals surface area (Å²) in [5, 5.41) is 0.554. The van der Waals surface area contributed by atoms with Gasteiger partial charge in [0.05, 0.1) is 10.6 Å². The summed E-state index contributed by atoms with van der Waals surface area (Å²) in [4.78, 5) is 16.2. The number of piperazine rings is 1. The topological polar surface area (TPSA) is 23.6 Å². The Morgan fingerprint density at radius 1 is 1.21 bits per heavy atom. The average Bonchev–Trinajstić information content (AvgIpc) is 2.46. The van der Waals surface area contributed by atoms with E-state index in [-0.39, 0.29) is 0 Å². The Morgan fingerprint density at radius 3 is 2.95 bits per heavy atom. The van der Waals surface area contributed by atoms with E-state index in [1.807, 2.05) is 12.1 Å². The zero-order chi connectivity index (χ0) is 13.2. The van der Waals surface area contributed by atoms with Crippen LogP contribution in [0.1, 0.15) is 29.6 Å². The molecule has 19 heavy (non-hydrogen) atoms. The predicted molar refractivity (Wildman–Crippen MR) is 78.3 cm³/mol. The fourth-order valence-corrected chi connectivity index (χ4v) is 3.51. The van der Waals surface area contributed by atoms with E-state index in [1.54, 1.807) is 6.07 Å². The number of carbonyl (C=O) groups excluding carboxylic acids is 1. The Kier molecular flexibility index (Phi) is 3.76. The summed E-state index contributed by atoms with van der Waals surface area (Å²) >= 11 is 6.12. The van der Waals surface area contributed by atoms with Gasteiger partial charge < -0.3 is 4.90 Å². The third-order valence-corrected chi connectivity index (χ3v) is 4.66. The Labute approximate surface area is 119 Å². The molecule has 3 nitrogen and oxygen atoms in total. The number of nitrogens with zero attached hydrogens (tertiary/aromatic N) is 2. The van der Waals surface area contributed by atoms with E-state index < -0.39 is 0 Å². The van der Waals surface area contributed by atoms with E-state index >= 15 is 0 Å². The van der Waals surface area contributed by atoms with Crippen LogP contribution in [-0.4, -0.2) is 43.4 Å². The van der Waals surface area contributed by atoms with E-state index in [2.05, 4.69) is 9.80 Å². The van der Waals surface area contributed by atoms with Crippen molar-refractivity contribution in [1.82, 2.24) is 4.90 Å². The molecule has 0 N–H and O–H groups in total. The SMILES string of the molecule is O=Cc1c(Cl)cccc1N1CCN2CCCCC2C1. The van der Waals surface area contributed by atoms with Crippen molar-refractivity contribution >= 4 is 23.6 Å². The zero-order valence-corrected chi connectivity index (χ0v) is 11.8. The number of piperidine rings is 1. The first-order valence-electron chi connectivity index (χ1n) is 7.02. The minimum atomic E-state index is 0.554. The number of halogens is 1. The Morgan fingerprint density at radius 2 is 2.11 bits per heavy atom. The van der Waals surface area contributed by atoms with Gasteiger partial charge in [-0.15, -0.1) is 0 Å². The van der Waals surface area contributed by atoms with Crippen LogP contribution in [0.25, 0.3) is 0 Å². The van der Waals surface area contributed by atoms with Crippen LogP contribution in [0.5, 0.6) is 0 Å². The van der Waals surface area contributed by atoms with Gasteiger partial charge in [-0.2, -0.15) is 0 Å². The van der Waals surface area contributed by atoms with Crippen molar-refractivity contribution in [3.8, 4) is 0 Å². The zero-order valence-electron chi connectivity index (χ0n) is 11.0. The van der Waals surface area contributed by atoms with Gasteiger partial charge in [0.15, 0.2) is 6.29 Å². The molecule has 4 heteroatoms. The second-order valence-corrected chi connectivity index (χ2v) is 5.83. The molecule has 0 saturated carbocycles. The first-order chi connectivity index (χ1) is 9.29. The molecular formula is C15H19ClN2O. The third kappa shape index (κ3) is 2.49. The lowest BCUT2D eigenvalue weighted by Gasteiger charge is -2.45. The maximum absolute atomic E-state index is 11.3. The monoisotopic (exact) mass is 278 g/mol. The molecule has 2 aliphatic rings. The van der Waals surface area contributed by atoms with Crippen LogP contribution < -0.4 is 4.90 Å². The summed E-state index contributed by atoms with van der Waals surface area (Å²) < 4.78 is 0. The average molecular weight is 279 g/mol. The molecule has 2 fully saturated rings. The van der Waals surface area contributed by atoms with Crippen LogP contribution in [0.4, 0.5) is 5.69 Å². The van der Waals surface area contributed by atoms with Crippen molar-refractivity contribution in [2.75, 3.05) is 31.1 Å². The molecule has 2 aliphatic heterocycles. The lowest BCUT2D eigenvalue weighted by molar-refractivity contribution is 0.112. The van der Waals surface area contributed by atoms with Gasteiger partial charge in [-0.1, -0.05) is 24.1 Å². The summed E-state index contributed by atoms with van der Waals surface area (Å²) in [5.41, 5.74) is 1.63. The Bertz CT molecular complexity index is 477.